The number of aromatic nitrogens is 3. The van der Waals surface area contributed by atoms with Crippen molar-refractivity contribution in [2.75, 3.05) is 5.73 Å². The lowest BCUT2D eigenvalue weighted by atomic mass is 10.2. The largest absolute Gasteiger partial charge is 0.394 e. The van der Waals surface area contributed by atoms with Crippen molar-refractivity contribution in [1.82, 2.24) is 14.8 Å². The number of H-pyrrole nitrogens is 1. The summed E-state index contributed by atoms with van der Waals surface area (Å²) in [6.45, 7) is 0. The van der Waals surface area contributed by atoms with Crippen LogP contribution in [0.1, 0.15) is 0 Å². The first-order chi connectivity index (χ1) is 6.68. The molecule has 72 valence electrons. The normalized spacial score (nSPS) is 10.4. The van der Waals surface area contributed by atoms with E-state index in [9.17, 15) is 4.79 Å². The zero-order valence-corrected chi connectivity index (χ0v) is 7.69. The second-order valence-corrected chi connectivity index (χ2v) is 3.01. The molecule has 0 amide bonds. The van der Waals surface area contributed by atoms with E-state index in [0.717, 1.165) is 0 Å². The number of pyridine rings is 1. The molecule has 0 atom stereocenters. The molecule has 0 spiro atoms. The third-order valence-corrected chi connectivity index (χ3v) is 1.99. The highest BCUT2D eigenvalue weighted by molar-refractivity contribution is 5.72. The Kier molecular flexibility index (Phi) is 1.85. The molecule has 5 nitrogen and oxygen atoms in total. The van der Waals surface area contributed by atoms with E-state index in [2.05, 4.69) is 10.1 Å². The number of hydrogen-bond donors (Lipinski definition) is 2. The molecule has 0 aromatic carbocycles. The standard InChI is InChI=1S/C9H10N4O/c1-13-5-3-7(12-13)6-2-4-11-9(14)8(6)10/h2-5H,10H2,1H3,(H,11,14). The van der Waals surface area contributed by atoms with Gasteiger partial charge in [-0.25, -0.2) is 0 Å². The molecule has 0 fully saturated rings. The van der Waals surface area contributed by atoms with Crippen LogP contribution in [0.4, 0.5) is 5.69 Å². The number of nitrogens with one attached hydrogen (secondary N) is 1. The molecule has 2 aromatic heterocycles. The van der Waals surface area contributed by atoms with Crippen LogP contribution in [0.25, 0.3) is 11.3 Å². The van der Waals surface area contributed by atoms with Crippen molar-refractivity contribution in [2.45, 2.75) is 0 Å². The Balaban J connectivity index is 2.63. The molecule has 0 aliphatic carbocycles. The third kappa shape index (κ3) is 1.28. The van der Waals surface area contributed by atoms with Gasteiger partial charge in [0.1, 0.15) is 5.69 Å². The third-order valence-electron chi connectivity index (χ3n) is 1.99. The summed E-state index contributed by atoms with van der Waals surface area (Å²) in [5.41, 5.74) is 6.91. The summed E-state index contributed by atoms with van der Waals surface area (Å²) in [5, 5.41) is 4.17. The molecule has 0 aliphatic rings. The van der Waals surface area contributed by atoms with Crippen LogP contribution in [0.5, 0.6) is 0 Å². The number of rotatable bonds is 1. The molecule has 0 radical (unpaired) electrons. The Morgan fingerprint density at radius 1 is 1.50 bits per heavy atom. The van der Waals surface area contributed by atoms with Crippen LogP contribution in [-0.4, -0.2) is 14.8 Å². The van der Waals surface area contributed by atoms with Crippen molar-refractivity contribution in [3.8, 4) is 11.3 Å². The topological polar surface area (TPSA) is 76.7 Å². The van der Waals surface area contributed by atoms with Crippen LogP contribution in [0.15, 0.2) is 29.3 Å². The lowest BCUT2D eigenvalue weighted by molar-refractivity contribution is 0.771. The number of anilines is 1. The minimum absolute atomic E-state index is 0.200. The minimum Gasteiger partial charge on any atom is -0.394 e. The Bertz CT molecular complexity index is 512. The molecule has 2 heterocycles. The molecule has 5 heteroatoms. The van der Waals surface area contributed by atoms with Crippen molar-refractivity contribution in [2.24, 2.45) is 7.05 Å². The van der Waals surface area contributed by atoms with E-state index in [1.54, 1.807) is 23.1 Å². The zero-order valence-electron chi connectivity index (χ0n) is 7.69. The fraction of sp³-hybridized carbons (Fsp3) is 0.111. The van der Waals surface area contributed by atoms with Gasteiger partial charge in [0.2, 0.25) is 0 Å². The molecule has 2 rings (SSSR count). The monoisotopic (exact) mass is 190 g/mol. The number of nitrogens with two attached hydrogens (primary N) is 1. The van der Waals surface area contributed by atoms with Crippen molar-refractivity contribution in [3.63, 3.8) is 0 Å². The first-order valence-electron chi connectivity index (χ1n) is 4.15. The molecule has 3 N–H and O–H groups in total. The summed E-state index contributed by atoms with van der Waals surface area (Å²) in [6.07, 6.45) is 3.36. The minimum atomic E-state index is -0.284. The lowest BCUT2D eigenvalue weighted by Crippen LogP contribution is -2.11. The van der Waals surface area contributed by atoms with E-state index in [-0.39, 0.29) is 11.2 Å². The van der Waals surface area contributed by atoms with Gasteiger partial charge in [0.05, 0.1) is 5.69 Å². The van der Waals surface area contributed by atoms with Gasteiger partial charge >= 0.3 is 0 Å². The molecule has 0 bridgehead atoms. The van der Waals surface area contributed by atoms with Crippen molar-refractivity contribution in [1.29, 1.82) is 0 Å². The van der Waals surface area contributed by atoms with Gasteiger partial charge in [0.25, 0.3) is 5.56 Å². The molecule has 14 heavy (non-hydrogen) atoms. The molecular weight excluding hydrogens is 180 g/mol. The summed E-state index contributed by atoms with van der Waals surface area (Å²) < 4.78 is 1.66. The van der Waals surface area contributed by atoms with Gasteiger partial charge in [-0.2, -0.15) is 5.10 Å². The summed E-state index contributed by atoms with van der Waals surface area (Å²) in [4.78, 5) is 13.7. The molecule has 0 aliphatic heterocycles. The highest BCUT2D eigenvalue weighted by atomic mass is 16.1. The summed E-state index contributed by atoms with van der Waals surface area (Å²) in [5.74, 6) is 0. The van der Waals surface area contributed by atoms with Crippen molar-refractivity contribution in [3.05, 3.63) is 34.9 Å². The van der Waals surface area contributed by atoms with E-state index in [1.165, 1.54) is 0 Å². The van der Waals surface area contributed by atoms with Gasteiger partial charge in [-0.1, -0.05) is 0 Å². The van der Waals surface area contributed by atoms with E-state index in [1.807, 2.05) is 13.1 Å². The van der Waals surface area contributed by atoms with Gasteiger partial charge in [0.15, 0.2) is 0 Å². The fourth-order valence-electron chi connectivity index (χ4n) is 1.27. The van der Waals surface area contributed by atoms with Crippen LogP contribution in [-0.2, 0) is 7.05 Å². The van der Waals surface area contributed by atoms with Gasteiger partial charge in [-0.05, 0) is 12.1 Å². The predicted octanol–water partition coefficient (Wildman–Crippen LogP) is 0.358. The van der Waals surface area contributed by atoms with Gasteiger partial charge in [-0.15, -0.1) is 0 Å². The molecule has 2 aromatic rings. The Morgan fingerprint density at radius 3 is 2.93 bits per heavy atom. The zero-order chi connectivity index (χ0) is 10.1. The maximum atomic E-state index is 11.2. The van der Waals surface area contributed by atoms with Crippen LogP contribution in [0.2, 0.25) is 0 Å². The van der Waals surface area contributed by atoms with E-state index in [4.69, 9.17) is 5.73 Å². The van der Waals surface area contributed by atoms with Gasteiger partial charge < -0.3 is 10.7 Å². The Labute approximate surface area is 80.2 Å². The smallest absolute Gasteiger partial charge is 0.271 e. The van der Waals surface area contributed by atoms with Gasteiger partial charge in [-0.3, -0.25) is 9.48 Å². The maximum absolute atomic E-state index is 11.2. The Morgan fingerprint density at radius 2 is 2.29 bits per heavy atom. The van der Waals surface area contributed by atoms with Crippen LogP contribution in [0.3, 0.4) is 0 Å². The average molecular weight is 190 g/mol. The number of aryl methyl sites for hydroxylation is 1. The van der Waals surface area contributed by atoms with E-state index < -0.39 is 0 Å². The first kappa shape index (κ1) is 8.55. The molecule has 0 saturated heterocycles. The van der Waals surface area contributed by atoms with Crippen molar-refractivity contribution < 1.29 is 0 Å². The van der Waals surface area contributed by atoms with Gasteiger partial charge in [0, 0.05) is 25.0 Å². The number of nitrogen functional groups attached to an aromatic ring is 1. The summed E-state index contributed by atoms with van der Waals surface area (Å²) in [6, 6.07) is 3.55. The van der Waals surface area contributed by atoms with E-state index >= 15 is 0 Å². The predicted molar refractivity (Wildman–Crippen MR) is 53.7 cm³/mol. The average Bonchev–Trinajstić information content (AvgIpc) is 2.57. The molecule has 0 saturated carbocycles. The summed E-state index contributed by atoms with van der Waals surface area (Å²) >= 11 is 0. The second kappa shape index (κ2) is 3.02. The fourth-order valence-corrected chi connectivity index (χ4v) is 1.27. The first-order valence-corrected chi connectivity index (χ1v) is 4.15. The quantitative estimate of drug-likeness (QED) is 0.681. The number of hydrogen-bond acceptors (Lipinski definition) is 3. The number of aromatic amines is 1. The maximum Gasteiger partial charge on any atom is 0.271 e. The van der Waals surface area contributed by atoms with Crippen LogP contribution in [0, 0.1) is 0 Å². The SMILES string of the molecule is Cn1ccc(-c2cc[nH]c(=O)c2N)n1. The second-order valence-electron chi connectivity index (χ2n) is 3.01. The van der Waals surface area contributed by atoms with Crippen molar-refractivity contribution >= 4 is 5.69 Å². The van der Waals surface area contributed by atoms with Crippen LogP contribution >= 0.6 is 0 Å². The number of nitrogens with zero attached hydrogens (tertiary/aromatic N) is 2. The highest BCUT2D eigenvalue weighted by Crippen LogP contribution is 2.19. The molecular formula is C9H10N4O. The highest BCUT2D eigenvalue weighted by Gasteiger charge is 2.07. The Hall–Kier alpha value is -2.04. The lowest BCUT2D eigenvalue weighted by Gasteiger charge is -1.99. The molecule has 0 unspecified atom stereocenters. The summed E-state index contributed by atoms with van der Waals surface area (Å²) in [7, 11) is 1.81. The van der Waals surface area contributed by atoms with Crippen LogP contribution < -0.4 is 11.3 Å². The van der Waals surface area contributed by atoms with E-state index in [0.29, 0.717) is 11.3 Å².